The van der Waals surface area contributed by atoms with E-state index in [1.807, 2.05) is 12.1 Å². The molecule has 90 valence electrons. The summed E-state index contributed by atoms with van der Waals surface area (Å²) in [7, 11) is 0. The van der Waals surface area contributed by atoms with Gasteiger partial charge in [-0.1, -0.05) is 56.2 Å². The van der Waals surface area contributed by atoms with Crippen molar-refractivity contribution in [1.29, 1.82) is 5.26 Å². The SMILES string of the molecule is CCCCC(CCC=CC#N)c1ccccc1. The molecule has 0 aliphatic carbocycles. The van der Waals surface area contributed by atoms with Gasteiger partial charge in [-0.3, -0.25) is 0 Å². The van der Waals surface area contributed by atoms with Crippen LogP contribution in [0.3, 0.4) is 0 Å². The average molecular weight is 227 g/mol. The van der Waals surface area contributed by atoms with Crippen molar-refractivity contribution in [3.8, 4) is 6.07 Å². The Morgan fingerprint density at radius 3 is 2.65 bits per heavy atom. The van der Waals surface area contributed by atoms with Gasteiger partial charge in [0.15, 0.2) is 0 Å². The molecule has 17 heavy (non-hydrogen) atoms. The first-order valence-corrected chi connectivity index (χ1v) is 6.48. The summed E-state index contributed by atoms with van der Waals surface area (Å²) in [6.45, 7) is 2.23. The molecule has 0 spiro atoms. The summed E-state index contributed by atoms with van der Waals surface area (Å²) < 4.78 is 0. The van der Waals surface area contributed by atoms with E-state index in [2.05, 4.69) is 37.3 Å². The van der Waals surface area contributed by atoms with Gasteiger partial charge in [0.25, 0.3) is 0 Å². The Labute approximate surface area is 105 Å². The molecule has 0 fully saturated rings. The van der Waals surface area contributed by atoms with Crippen molar-refractivity contribution in [3.05, 3.63) is 48.0 Å². The molecule has 0 saturated heterocycles. The topological polar surface area (TPSA) is 23.8 Å². The number of allylic oxidation sites excluding steroid dienone is 2. The average Bonchev–Trinajstić information content (AvgIpc) is 2.39. The van der Waals surface area contributed by atoms with E-state index in [9.17, 15) is 0 Å². The van der Waals surface area contributed by atoms with E-state index in [0.717, 1.165) is 12.8 Å². The largest absolute Gasteiger partial charge is 0.193 e. The Morgan fingerprint density at radius 1 is 1.24 bits per heavy atom. The molecule has 0 saturated carbocycles. The number of unbranched alkanes of at least 4 members (excludes halogenated alkanes) is 1. The summed E-state index contributed by atoms with van der Waals surface area (Å²) in [6.07, 6.45) is 9.47. The van der Waals surface area contributed by atoms with Crippen LogP contribution in [0.2, 0.25) is 0 Å². The highest BCUT2D eigenvalue weighted by molar-refractivity contribution is 5.19. The molecule has 0 aliphatic heterocycles. The molecule has 0 heterocycles. The smallest absolute Gasteiger partial charge is 0.0908 e. The monoisotopic (exact) mass is 227 g/mol. The Bertz CT molecular complexity index is 359. The molecule has 1 rings (SSSR count). The van der Waals surface area contributed by atoms with Crippen molar-refractivity contribution in [2.45, 2.75) is 44.9 Å². The fraction of sp³-hybridized carbons (Fsp3) is 0.438. The summed E-state index contributed by atoms with van der Waals surface area (Å²) in [4.78, 5) is 0. The fourth-order valence-corrected chi connectivity index (χ4v) is 2.09. The van der Waals surface area contributed by atoms with E-state index in [-0.39, 0.29) is 0 Å². The van der Waals surface area contributed by atoms with E-state index in [0.29, 0.717) is 5.92 Å². The molecule has 1 nitrogen and oxygen atoms in total. The third-order valence-corrected chi connectivity index (χ3v) is 3.05. The van der Waals surface area contributed by atoms with Crippen LogP contribution in [-0.4, -0.2) is 0 Å². The highest BCUT2D eigenvalue weighted by Gasteiger charge is 2.09. The quantitative estimate of drug-likeness (QED) is 0.612. The minimum atomic E-state index is 0.638. The summed E-state index contributed by atoms with van der Waals surface area (Å²) >= 11 is 0. The van der Waals surface area contributed by atoms with Crippen LogP contribution in [-0.2, 0) is 0 Å². The van der Waals surface area contributed by atoms with Crippen LogP contribution >= 0.6 is 0 Å². The third kappa shape index (κ3) is 5.36. The van der Waals surface area contributed by atoms with E-state index in [1.165, 1.54) is 24.8 Å². The first kappa shape index (κ1) is 13.5. The van der Waals surface area contributed by atoms with Crippen molar-refractivity contribution < 1.29 is 0 Å². The van der Waals surface area contributed by atoms with Gasteiger partial charge in [0.05, 0.1) is 6.07 Å². The van der Waals surface area contributed by atoms with Gasteiger partial charge in [0, 0.05) is 6.08 Å². The maximum absolute atomic E-state index is 8.45. The number of benzene rings is 1. The molecule has 0 N–H and O–H groups in total. The van der Waals surface area contributed by atoms with Gasteiger partial charge in [0.1, 0.15) is 0 Å². The van der Waals surface area contributed by atoms with Crippen LogP contribution in [0.25, 0.3) is 0 Å². The highest BCUT2D eigenvalue weighted by atomic mass is 14.2. The van der Waals surface area contributed by atoms with Crippen molar-refractivity contribution >= 4 is 0 Å². The minimum absolute atomic E-state index is 0.638. The Kier molecular flexibility index (Phi) is 6.82. The number of nitriles is 1. The second kappa shape index (κ2) is 8.58. The normalized spacial score (nSPS) is 12.5. The predicted molar refractivity (Wildman–Crippen MR) is 72.7 cm³/mol. The Hall–Kier alpha value is -1.55. The van der Waals surface area contributed by atoms with E-state index in [1.54, 1.807) is 6.08 Å². The second-order valence-electron chi connectivity index (χ2n) is 4.36. The number of nitrogens with zero attached hydrogens (tertiary/aromatic N) is 1. The molecule has 1 heteroatoms. The minimum Gasteiger partial charge on any atom is -0.193 e. The summed E-state index contributed by atoms with van der Waals surface area (Å²) in [5.41, 5.74) is 1.44. The summed E-state index contributed by atoms with van der Waals surface area (Å²) in [5, 5.41) is 8.45. The predicted octanol–water partition coefficient (Wildman–Crippen LogP) is 4.82. The highest BCUT2D eigenvalue weighted by Crippen LogP contribution is 2.26. The van der Waals surface area contributed by atoms with E-state index >= 15 is 0 Å². The van der Waals surface area contributed by atoms with Crippen LogP contribution in [0.5, 0.6) is 0 Å². The van der Waals surface area contributed by atoms with Crippen molar-refractivity contribution in [1.82, 2.24) is 0 Å². The molecule has 0 aromatic heterocycles. The third-order valence-electron chi connectivity index (χ3n) is 3.05. The van der Waals surface area contributed by atoms with Crippen LogP contribution in [0.15, 0.2) is 42.5 Å². The fourth-order valence-electron chi connectivity index (χ4n) is 2.09. The van der Waals surface area contributed by atoms with Gasteiger partial charge in [0.2, 0.25) is 0 Å². The zero-order valence-corrected chi connectivity index (χ0v) is 10.6. The molecular weight excluding hydrogens is 206 g/mol. The number of hydrogen-bond acceptors (Lipinski definition) is 1. The van der Waals surface area contributed by atoms with Gasteiger partial charge in [-0.15, -0.1) is 0 Å². The molecule has 1 atom stereocenters. The van der Waals surface area contributed by atoms with E-state index in [4.69, 9.17) is 5.26 Å². The summed E-state index contributed by atoms with van der Waals surface area (Å²) in [6, 6.07) is 12.8. The molecule has 0 aliphatic rings. The molecular formula is C16H21N. The molecule has 1 aromatic carbocycles. The maximum Gasteiger partial charge on any atom is 0.0908 e. The number of rotatable bonds is 7. The zero-order valence-electron chi connectivity index (χ0n) is 10.6. The molecule has 1 aromatic rings. The lowest BCUT2D eigenvalue weighted by molar-refractivity contribution is 0.552. The number of hydrogen-bond donors (Lipinski definition) is 0. The molecule has 0 amide bonds. The first-order chi connectivity index (χ1) is 8.38. The molecule has 0 bridgehead atoms. The van der Waals surface area contributed by atoms with E-state index < -0.39 is 0 Å². The van der Waals surface area contributed by atoms with Crippen LogP contribution in [0.4, 0.5) is 0 Å². The van der Waals surface area contributed by atoms with Gasteiger partial charge in [-0.25, -0.2) is 0 Å². The standard InChI is InChI=1S/C16H21N/c1-2-3-10-15(13-8-5-9-14-17)16-11-6-4-7-12-16/h4-7,9,11-12,15H,2-3,8,10,13H2,1H3. The maximum atomic E-state index is 8.45. The lowest BCUT2D eigenvalue weighted by atomic mass is 9.89. The van der Waals surface area contributed by atoms with Crippen molar-refractivity contribution in [3.63, 3.8) is 0 Å². The van der Waals surface area contributed by atoms with Crippen LogP contribution in [0.1, 0.15) is 50.5 Å². The van der Waals surface area contributed by atoms with Gasteiger partial charge in [-0.2, -0.15) is 5.26 Å². The van der Waals surface area contributed by atoms with Gasteiger partial charge < -0.3 is 0 Å². The first-order valence-electron chi connectivity index (χ1n) is 6.48. The summed E-state index contributed by atoms with van der Waals surface area (Å²) in [5.74, 6) is 0.638. The van der Waals surface area contributed by atoms with Crippen molar-refractivity contribution in [2.24, 2.45) is 0 Å². The van der Waals surface area contributed by atoms with Crippen LogP contribution < -0.4 is 0 Å². The van der Waals surface area contributed by atoms with Gasteiger partial charge in [-0.05, 0) is 30.7 Å². The Balaban J connectivity index is 2.55. The van der Waals surface area contributed by atoms with Crippen molar-refractivity contribution in [2.75, 3.05) is 0 Å². The zero-order chi connectivity index (χ0) is 12.3. The van der Waals surface area contributed by atoms with Crippen LogP contribution in [0, 0.1) is 11.3 Å². The Morgan fingerprint density at radius 2 is 2.00 bits per heavy atom. The lowest BCUT2D eigenvalue weighted by Gasteiger charge is -2.16. The molecule has 1 unspecified atom stereocenters. The van der Waals surface area contributed by atoms with Gasteiger partial charge >= 0.3 is 0 Å². The molecule has 0 radical (unpaired) electrons. The second-order valence-corrected chi connectivity index (χ2v) is 4.36. The lowest BCUT2D eigenvalue weighted by Crippen LogP contribution is -1.98.